The van der Waals surface area contributed by atoms with Crippen molar-refractivity contribution in [2.24, 2.45) is 16.8 Å². The Hall–Kier alpha value is -2.45. The third-order valence-electron chi connectivity index (χ3n) is 5.90. The highest BCUT2D eigenvalue weighted by molar-refractivity contribution is 6.00. The average Bonchev–Trinajstić information content (AvgIpc) is 3.12. The van der Waals surface area contributed by atoms with E-state index in [2.05, 4.69) is 34.1 Å². The van der Waals surface area contributed by atoms with Crippen LogP contribution in [0.15, 0.2) is 23.3 Å². The Labute approximate surface area is 180 Å². The summed E-state index contributed by atoms with van der Waals surface area (Å²) in [6, 6.07) is 2.78. The van der Waals surface area contributed by atoms with Gasteiger partial charge in [-0.1, -0.05) is 27.7 Å². The number of aromatic nitrogens is 2. The highest BCUT2D eigenvalue weighted by Crippen LogP contribution is 2.45. The monoisotopic (exact) mass is 430 g/mol. The molecule has 0 spiro atoms. The molecule has 3 atom stereocenters. The molecule has 1 saturated heterocycles. The molecule has 1 unspecified atom stereocenters. The van der Waals surface area contributed by atoms with Crippen molar-refractivity contribution in [1.29, 1.82) is 0 Å². The van der Waals surface area contributed by atoms with Crippen LogP contribution < -0.4 is 5.32 Å². The van der Waals surface area contributed by atoms with Crippen LogP contribution >= 0.6 is 0 Å². The maximum Gasteiger partial charge on any atom is 0.223 e. The van der Waals surface area contributed by atoms with Gasteiger partial charge in [0.15, 0.2) is 5.82 Å². The van der Waals surface area contributed by atoms with Gasteiger partial charge < -0.3 is 15.2 Å². The molecule has 2 aliphatic heterocycles. The molecule has 0 bridgehead atoms. The van der Waals surface area contributed by atoms with Crippen LogP contribution in [0.1, 0.15) is 45.6 Å². The lowest BCUT2D eigenvalue weighted by Gasteiger charge is -2.28. The minimum Gasteiger partial charge on any atom is -0.389 e. The Morgan fingerprint density at radius 2 is 1.94 bits per heavy atom. The summed E-state index contributed by atoms with van der Waals surface area (Å²) in [7, 11) is 0. The Balaban J connectivity index is 1.71. The topological polar surface area (TPSA) is 79.6 Å². The van der Waals surface area contributed by atoms with Gasteiger partial charge in [0.25, 0.3) is 0 Å². The van der Waals surface area contributed by atoms with Gasteiger partial charge >= 0.3 is 0 Å². The summed E-state index contributed by atoms with van der Waals surface area (Å²) in [5.74, 6) is -0.561. The van der Waals surface area contributed by atoms with E-state index in [1.165, 1.54) is 6.07 Å². The molecule has 2 N–H and O–H groups in total. The minimum atomic E-state index is -0.707. The quantitative estimate of drug-likeness (QED) is 0.732. The van der Waals surface area contributed by atoms with Crippen LogP contribution in [0.5, 0.6) is 0 Å². The highest BCUT2D eigenvalue weighted by atomic mass is 19.1. The summed E-state index contributed by atoms with van der Waals surface area (Å²) in [4.78, 5) is 12.9. The van der Waals surface area contributed by atoms with Crippen LogP contribution in [0.25, 0.3) is 11.3 Å². The Bertz CT molecular complexity index is 1010. The Morgan fingerprint density at radius 3 is 2.61 bits per heavy atom. The number of nitrogens with zero attached hydrogens (tertiary/aromatic N) is 3. The molecule has 0 aliphatic carbocycles. The van der Waals surface area contributed by atoms with E-state index in [-0.39, 0.29) is 42.0 Å². The smallest absolute Gasteiger partial charge is 0.223 e. The number of nitrogens with one attached hydrogen (secondary N) is 1. The number of aliphatic hydroxyl groups excluding tert-OH is 1. The fourth-order valence-corrected chi connectivity index (χ4v) is 4.36. The zero-order valence-corrected chi connectivity index (χ0v) is 18.2. The van der Waals surface area contributed by atoms with Crippen LogP contribution in [0, 0.1) is 23.5 Å². The summed E-state index contributed by atoms with van der Waals surface area (Å²) >= 11 is 0. The molecular formula is C23H28F2N4O2. The van der Waals surface area contributed by atoms with Crippen LogP contribution in [-0.4, -0.2) is 46.1 Å². The van der Waals surface area contributed by atoms with E-state index in [4.69, 9.17) is 4.74 Å². The van der Waals surface area contributed by atoms with Crippen molar-refractivity contribution in [3.63, 3.8) is 0 Å². The number of anilines is 1. The third-order valence-corrected chi connectivity index (χ3v) is 5.90. The molecule has 3 heterocycles. The lowest BCUT2D eigenvalue weighted by atomic mass is 9.81. The molecule has 2 aromatic rings. The standard InChI is InChI=1S/C23H28F2N4O2/c1-11(2)19-14-7-13(8-15(24)22(14)28-20(19)12(3)4)21-16(25)9-26-23(29-21)27-17-5-6-31-10-18(17)30/h7-9,11-12,17-19,30H,5-6,10H2,1-4H3,(H,26,27,29)/t17-,18-,19?/m1/s1. The first kappa shape index (κ1) is 21.8. The first-order valence-corrected chi connectivity index (χ1v) is 10.7. The van der Waals surface area contributed by atoms with Gasteiger partial charge in [0.2, 0.25) is 5.95 Å². The van der Waals surface area contributed by atoms with Crippen molar-refractivity contribution in [2.75, 3.05) is 18.5 Å². The van der Waals surface area contributed by atoms with E-state index in [1.807, 2.05) is 13.8 Å². The number of hydrogen-bond donors (Lipinski definition) is 2. The summed E-state index contributed by atoms with van der Waals surface area (Å²) in [5, 5.41) is 13.1. The van der Waals surface area contributed by atoms with Gasteiger partial charge in [-0.15, -0.1) is 0 Å². The number of halogens is 2. The van der Waals surface area contributed by atoms with E-state index < -0.39 is 17.7 Å². The predicted octanol–water partition coefficient (Wildman–Crippen LogP) is 4.47. The summed E-state index contributed by atoms with van der Waals surface area (Å²) in [6.45, 7) is 8.98. The summed E-state index contributed by atoms with van der Waals surface area (Å²) in [5.41, 5.74) is 2.41. The van der Waals surface area contributed by atoms with Gasteiger partial charge in [0.05, 0.1) is 24.9 Å². The van der Waals surface area contributed by atoms with E-state index in [0.717, 1.165) is 17.5 Å². The van der Waals surface area contributed by atoms with E-state index in [0.29, 0.717) is 24.3 Å². The first-order chi connectivity index (χ1) is 14.8. The van der Waals surface area contributed by atoms with Gasteiger partial charge in [-0.2, -0.15) is 0 Å². The third kappa shape index (κ3) is 4.19. The number of hydrogen-bond acceptors (Lipinski definition) is 6. The largest absolute Gasteiger partial charge is 0.389 e. The second kappa shape index (κ2) is 8.59. The zero-order valence-electron chi connectivity index (χ0n) is 18.2. The molecule has 2 aliphatic rings. The van der Waals surface area contributed by atoms with Gasteiger partial charge in [-0.3, -0.25) is 4.99 Å². The van der Waals surface area contributed by atoms with Gasteiger partial charge in [0, 0.05) is 23.8 Å². The van der Waals surface area contributed by atoms with Crippen LogP contribution in [0.4, 0.5) is 20.4 Å². The van der Waals surface area contributed by atoms with Crippen molar-refractivity contribution in [2.45, 2.75) is 52.2 Å². The van der Waals surface area contributed by atoms with E-state index in [9.17, 15) is 9.50 Å². The molecule has 6 nitrogen and oxygen atoms in total. The molecule has 0 saturated carbocycles. The van der Waals surface area contributed by atoms with Gasteiger partial charge in [-0.25, -0.2) is 18.7 Å². The number of benzene rings is 1. The lowest BCUT2D eigenvalue weighted by molar-refractivity contribution is -0.0136. The SMILES string of the molecule is CC(C)C1=Nc2c(F)cc(-c3nc(N[C@@H]4CCOC[C@H]4O)ncc3F)cc2C1C(C)C. The second-order valence-corrected chi connectivity index (χ2v) is 8.88. The van der Waals surface area contributed by atoms with Crippen LogP contribution in [-0.2, 0) is 4.74 Å². The Morgan fingerprint density at radius 1 is 1.16 bits per heavy atom. The average molecular weight is 430 g/mol. The van der Waals surface area contributed by atoms with Crippen LogP contribution in [0.2, 0.25) is 0 Å². The van der Waals surface area contributed by atoms with Crippen LogP contribution in [0.3, 0.4) is 0 Å². The maximum atomic E-state index is 15.0. The highest BCUT2D eigenvalue weighted by Gasteiger charge is 2.34. The second-order valence-electron chi connectivity index (χ2n) is 8.88. The van der Waals surface area contributed by atoms with Crippen molar-refractivity contribution in [3.8, 4) is 11.3 Å². The van der Waals surface area contributed by atoms with Crippen molar-refractivity contribution >= 4 is 17.3 Å². The zero-order chi connectivity index (χ0) is 22.3. The predicted molar refractivity (Wildman–Crippen MR) is 116 cm³/mol. The number of ether oxygens (including phenoxy) is 1. The first-order valence-electron chi connectivity index (χ1n) is 10.7. The lowest BCUT2D eigenvalue weighted by Crippen LogP contribution is -2.42. The molecule has 166 valence electrons. The number of aliphatic imine (C=N–C) groups is 1. The number of aliphatic hydroxyl groups is 1. The fraction of sp³-hybridized carbons (Fsp3) is 0.522. The van der Waals surface area contributed by atoms with Crippen molar-refractivity contribution in [3.05, 3.63) is 35.5 Å². The molecular weight excluding hydrogens is 402 g/mol. The fourth-order valence-electron chi connectivity index (χ4n) is 4.36. The minimum absolute atomic E-state index is 0.0150. The molecule has 1 fully saturated rings. The number of fused-ring (bicyclic) bond motifs is 1. The van der Waals surface area contributed by atoms with Gasteiger partial charge in [-0.05, 0) is 36.0 Å². The van der Waals surface area contributed by atoms with Crippen molar-refractivity contribution in [1.82, 2.24) is 9.97 Å². The number of rotatable bonds is 5. The molecule has 4 rings (SSSR count). The Kier molecular flexibility index (Phi) is 6.03. The van der Waals surface area contributed by atoms with E-state index in [1.54, 1.807) is 6.07 Å². The molecule has 8 heteroatoms. The molecule has 31 heavy (non-hydrogen) atoms. The maximum absolute atomic E-state index is 15.0. The van der Waals surface area contributed by atoms with Crippen molar-refractivity contribution < 1.29 is 18.6 Å². The summed E-state index contributed by atoms with van der Waals surface area (Å²) < 4.78 is 34.9. The summed E-state index contributed by atoms with van der Waals surface area (Å²) in [6.07, 6.45) is 0.940. The molecule has 0 radical (unpaired) electrons. The molecule has 0 amide bonds. The normalized spacial score (nSPS) is 23.3. The van der Waals surface area contributed by atoms with E-state index >= 15 is 4.39 Å². The molecule has 1 aromatic carbocycles. The van der Waals surface area contributed by atoms with Gasteiger partial charge in [0.1, 0.15) is 17.2 Å². The molecule has 1 aromatic heterocycles.